The highest BCUT2D eigenvalue weighted by Crippen LogP contribution is 2.22. The van der Waals surface area contributed by atoms with E-state index in [1.807, 2.05) is 24.3 Å². The van der Waals surface area contributed by atoms with E-state index in [0.29, 0.717) is 23.8 Å². The molecule has 94 valence electrons. The fourth-order valence-electron chi connectivity index (χ4n) is 1.97. The fraction of sp³-hybridized carbons (Fsp3) is 0.538. The van der Waals surface area contributed by atoms with Crippen LogP contribution < -0.4 is 10.1 Å². The van der Waals surface area contributed by atoms with Crippen LogP contribution in [0.3, 0.4) is 0 Å². The van der Waals surface area contributed by atoms with Gasteiger partial charge in [0, 0.05) is 19.2 Å². The average molecular weight is 256 g/mol. The lowest BCUT2D eigenvalue weighted by atomic mass is 10.1. The number of hydrogen-bond acceptors (Lipinski definition) is 3. The summed E-state index contributed by atoms with van der Waals surface area (Å²) in [5.41, 5.74) is 0. The highest BCUT2D eigenvalue weighted by atomic mass is 35.5. The first kappa shape index (κ1) is 12.7. The minimum Gasteiger partial charge on any atom is -0.491 e. The molecular formula is C13H18ClNO2. The Hall–Kier alpha value is -0.770. The third kappa shape index (κ3) is 3.60. The van der Waals surface area contributed by atoms with Gasteiger partial charge in [0.1, 0.15) is 12.4 Å². The van der Waals surface area contributed by atoms with Crippen LogP contribution in [0.5, 0.6) is 5.75 Å². The maximum atomic E-state index is 5.99. The standard InChI is InChI=1S/C13H18ClNO2/c1-10-12(6-8-16-10)15-7-9-17-13-5-3-2-4-11(13)14/h2-5,10,12,15H,6-9H2,1H3/t10-,12+/m1/s1. The number of hydrogen-bond donors (Lipinski definition) is 1. The lowest BCUT2D eigenvalue weighted by Gasteiger charge is -2.16. The number of benzene rings is 1. The van der Waals surface area contributed by atoms with Gasteiger partial charge in [-0.2, -0.15) is 0 Å². The number of ether oxygens (including phenoxy) is 2. The van der Waals surface area contributed by atoms with Gasteiger partial charge >= 0.3 is 0 Å². The zero-order chi connectivity index (χ0) is 12.1. The Morgan fingerprint density at radius 2 is 2.29 bits per heavy atom. The topological polar surface area (TPSA) is 30.5 Å². The largest absolute Gasteiger partial charge is 0.491 e. The van der Waals surface area contributed by atoms with Gasteiger partial charge in [-0.1, -0.05) is 23.7 Å². The molecule has 0 radical (unpaired) electrons. The van der Waals surface area contributed by atoms with Crippen LogP contribution in [0.4, 0.5) is 0 Å². The highest BCUT2D eigenvalue weighted by Gasteiger charge is 2.22. The molecule has 1 aliphatic rings. The number of nitrogens with one attached hydrogen (secondary N) is 1. The van der Waals surface area contributed by atoms with Gasteiger partial charge in [-0.3, -0.25) is 0 Å². The zero-order valence-corrected chi connectivity index (χ0v) is 10.7. The van der Waals surface area contributed by atoms with Crippen LogP contribution >= 0.6 is 11.6 Å². The van der Waals surface area contributed by atoms with E-state index in [0.717, 1.165) is 25.3 Å². The van der Waals surface area contributed by atoms with Gasteiger partial charge in [0.2, 0.25) is 0 Å². The Bertz CT molecular complexity index is 359. The van der Waals surface area contributed by atoms with Gasteiger partial charge in [-0.15, -0.1) is 0 Å². The van der Waals surface area contributed by atoms with Crippen LogP contribution in [0, 0.1) is 0 Å². The first-order chi connectivity index (χ1) is 8.27. The summed E-state index contributed by atoms with van der Waals surface area (Å²) in [6, 6.07) is 7.97. The molecule has 3 nitrogen and oxygen atoms in total. The third-order valence-electron chi connectivity index (χ3n) is 2.98. The third-order valence-corrected chi connectivity index (χ3v) is 3.29. The summed E-state index contributed by atoms with van der Waals surface area (Å²) in [4.78, 5) is 0. The quantitative estimate of drug-likeness (QED) is 0.820. The van der Waals surface area contributed by atoms with E-state index in [-0.39, 0.29) is 0 Å². The van der Waals surface area contributed by atoms with Crippen molar-refractivity contribution in [1.29, 1.82) is 0 Å². The molecule has 1 N–H and O–H groups in total. The summed E-state index contributed by atoms with van der Waals surface area (Å²) in [5, 5.41) is 4.09. The lowest BCUT2D eigenvalue weighted by Crippen LogP contribution is -2.37. The summed E-state index contributed by atoms with van der Waals surface area (Å²) in [6.45, 7) is 4.38. The van der Waals surface area contributed by atoms with E-state index in [1.165, 1.54) is 0 Å². The second-order valence-electron chi connectivity index (χ2n) is 4.20. The Balaban J connectivity index is 1.68. The van der Waals surface area contributed by atoms with E-state index in [4.69, 9.17) is 21.1 Å². The molecule has 0 unspecified atom stereocenters. The average Bonchev–Trinajstić information content (AvgIpc) is 2.73. The van der Waals surface area contributed by atoms with Crippen LogP contribution in [0.1, 0.15) is 13.3 Å². The molecule has 1 saturated heterocycles. The maximum Gasteiger partial charge on any atom is 0.137 e. The van der Waals surface area contributed by atoms with E-state index in [2.05, 4.69) is 12.2 Å². The fourth-order valence-corrected chi connectivity index (χ4v) is 2.16. The van der Waals surface area contributed by atoms with Crippen LogP contribution in [-0.4, -0.2) is 31.9 Å². The second-order valence-corrected chi connectivity index (χ2v) is 4.61. The molecule has 0 spiro atoms. The Kier molecular flexibility index (Phi) is 4.66. The molecule has 0 amide bonds. The molecular weight excluding hydrogens is 238 g/mol. The predicted molar refractivity (Wildman–Crippen MR) is 68.8 cm³/mol. The molecule has 1 aromatic rings. The number of halogens is 1. The van der Waals surface area contributed by atoms with Crippen LogP contribution in [0.15, 0.2) is 24.3 Å². The van der Waals surface area contributed by atoms with Crippen molar-refractivity contribution in [3.8, 4) is 5.75 Å². The molecule has 1 aliphatic heterocycles. The molecule has 0 saturated carbocycles. The van der Waals surface area contributed by atoms with Crippen molar-refractivity contribution in [2.24, 2.45) is 0 Å². The summed E-state index contributed by atoms with van der Waals surface area (Å²) in [7, 11) is 0. The van der Waals surface area contributed by atoms with Crippen molar-refractivity contribution in [2.75, 3.05) is 19.8 Å². The Morgan fingerprint density at radius 3 is 3.00 bits per heavy atom. The van der Waals surface area contributed by atoms with Gasteiger partial charge in [0.05, 0.1) is 11.1 Å². The summed E-state index contributed by atoms with van der Waals surface area (Å²) in [5.74, 6) is 0.742. The molecule has 2 rings (SSSR count). The van der Waals surface area contributed by atoms with Crippen molar-refractivity contribution in [3.63, 3.8) is 0 Å². The Labute approximate surface area is 107 Å². The molecule has 1 fully saturated rings. The summed E-state index contributed by atoms with van der Waals surface area (Å²) < 4.78 is 11.1. The molecule has 4 heteroatoms. The van der Waals surface area contributed by atoms with Gasteiger partial charge in [-0.05, 0) is 25.5 Å². The predicted octanol–water partition coefficient (Wildman–Crippen LogP) is 2.49. The molecule has 0 aliphatic carbocycles. The molecule has 1 heterocycles. The number of rotatable bonds is 5. The molecule has 17 heavy (non-hydrogen) atoms. The van der Waals surface area contributed by atoms with Crippen LogP contribution in [0.2, 0.25) is 5.02 Å². The smallest absolute Gasteiger partial charge is 0.137 e. The second kappa shape index (κ2) is 6.24. The van der Waals surface area contributed by atoms with Crippen molar-refractivity contribution >= 4 is 11.6 Å². The first-order valence-electron chi connectivity index (χ1n) is 5.99. The lowest BCUT2D eigenvalue weighted by molar-refractivity contribution is 0.112. The van der Waals surface area contributed by atoms with E-state index < -0.39 is 0 Å². The van der Waals surface area contributed by atoms with Crippen molar-refractivity contribution < 1.29 is 9.47 Å². The maximum absolute atomic E-state index is 5.99. The van der Waals surface area contributed by atoms with Gasteiger partial charge < -0.3 is 14.8 Å². The highest BCUT2D eigenvalue weighted by molar-refractivity contribution is 6.32. The summed E-state index contributed by atoms with van der Waals surface area (Å²) in [6.07, 6.45) is 1.38. The molecule has 0 bridgehead atoms. The van der Waals surface area contributed by atoms with Crippen molar-refractivity contribution in [3.05, 3.63) is 29.3 Å². The normalized spacial score (nSPS) is 23.9. The number of para-hydroxylation sites is 1. The minimum atomic E-state index is 0.301. The van der Waals surface area contributed by atoms with E-state index in [9.17, 15) is 0 Å². The van der Waals surface area contributed by atoms with Crippen LogP contribution in [0.25, 0.3) is 0 Å². The van der Waals surface area contributed by atoms with Crippen molar-refractivity contribution in [2.45, 2.75) is 25.5 Å². The van der Waals surface area contributed by atoms with E-state index >= 15 is 0 Å². The molecule has 2 atom stereocenters. The first-order valence-corrected chi connectivity index (χ1v) is 6.37. The molecule has 0 aromatic heterocycles. The Morgan fingerprint density at radius 1 is 1.47 bits per heavy atom. The summed E-state index contributed by atoms with van der Waals surface area (Å²) >= 11 is 5.99. The molecule has 1 aromatic carbocycles. The monoisotopic (exact) mass is 255 g/mol. The SMILES string of the molecule is C[C@H]1OCC[C@@H]1NCCOc1ccccc1Cl. The van der Waals surface area contributed by atoms with Crippen LogP contribution in [-0.2, 0) is 4.74 Å². The minimum absolute atomic E-state index is 0.301. The van der Waals surface area contributed by atoms with Crippen molar-refractivity contribution in [1.82, 2.24) is 5.32 Å². The van der Waals surface area contributed by atoms with Gasteiger partial charge in [0.15, 0.2) is 0 Å². The zero-order valence-electron chi connectivity index (χ0n) is 9.99. The van der Waals surface area contributed by atoms with E-state index in [1.54, 1.807) is 0 Å². The van der Waals surface area contributed by atoms with Gasteiger partial charge in [0.25, 0.3) is 0 Å². The van der Waals surface area contributed by atoms with Gasteiger partial charge in [-0.25, -0.2) is 0 Å².